The molecule has 0 radical (unpaired) electrons. The first-order chi connectivity index (χ1) is 11.5. The first-order valence-electron chi connectivity index (χ1n) is 8.93. The molecule has 1 aliphatic rings. The van der Waals surface area contributed by atoms with Crippen LogP contribution in [0.15, 0.2) is 30.3 Å². The van der Waals surface area contributed by atoms with Crippen LogP contribution < -0.4 is 16.0 Å². The van der Waals surface area contributed by atoms with E-state index in [2.05, 4.69) is 31.3 Å². The van der Waals surface area contributed by atoms with E-state index in [1.165, 1.54) is 4.90 Å². The minimum atomic E-state index is -0.209. The molecule has 4 N–H and O–H groups in total. The van der Waals surface area contributed by atoms with Crippen molar-refractivity contribution in [3.63, 3.8) is 0 Å². The molecule has 24 heavy (non-hydrogen) atoms. The van der Waals surface area contributed by atoms with E-state index in [1.54, 1.807) is 0 Å². The Morgan fingerprint density at radius 2 is 1.83 bits per heavy atom. The summed E-state index contributed by atoms with van der Waals surface area (Å²) in [6.07, 6.45) is 2.49. The third kappa shape index (κ3) is 5.64. The second-order valence-corrected chi connectivity index (χ2v) is 7.26. The molecule has 1 aromatic rings. The van der Waals surface area contributed by atoms with Gasteiger partial charge in [0.15, 0.2) is 6.54 Å². The SMILES string of the molecule is CC(C)C[C@H](NC(=O)C[NH+]1CCC(C(N)=O)CC1)c1ccccc1. The molecule has 132 valence electrons. The zero-order chi connectivity index (χ0) is 17.5. The summed E-state index contributed by atoms with van der Waals surface area (Å²) in [6.45, 7) is 6.47. The largest absolute Gasteiger partial charge is 0.369 e. The highest BCUT2D eigenvalue weighted by atomic mass is 16.2. The number of primary amides is 1. The van der Waals surface area contributed by atoms with Gasteiger partial charge < -0.3 is 16.0 Å². The minimum Gasteiger partial charge on any atom is -0.369 e. The average Bonchev–Trinajstić information content (AvgIpc) is 2.55. The van der Waals surface area contributed by atoms with Crippen molar-refractivity contribution in [3.8, 4) is 0 Å². The van der Waals surface area contributed by atoms with Gasteiger partial charge in [0.2, 0.25) is 5.91 Å². The lowest BCUT2D eigenvalue weighted by Crippen LogP contribution is -3.14. The van der Waals surface area contributed by atoms with Gasteiger partial charge in [0.1, 0.15) is 0 Å². The van der Waals surface area contributed by atoms with Crippen molar-refractivity contribution >= 4 is 11.8 Å². The van der Waals surface area contributed by atoms with Gasteiger partial charge in [-0.25, -0.2) is 0 Å². The van der Waals surface area contributed by atoms with Gasteiger partial charge in [-0.3, -0.25) is 9.59 Å². The van der Waals surface area contributed by atoms with Crippen LogP contribution in [0, 0.1) is 11.8 Å². The van der Waals surface area contributed by atoms with Crippen molar-refractivity contribution in [1.29, 1.82) is 0 Å². The molecule has 5 heteroatoms. The third-order valence-corrected chi connectivity index (χ3v) is 4.75. The highest BCUT2D eigenvalue weighted by Gasteiger charge is 2.27. The maximum absolute atomic E-state index is 12.5. The minimum absolute atomic E-state index is 0.0187. The molecule has 0 aromatic heterocycles. The van der Waals surface area contributed by atoms with Gasteiger partial charge in [0.05, 0.1) is 19.1 Å². The molecular weight excluding hydrogens is 302 g/mol. The number of hydrogen-bond acceptors (Lipinski definition) is 2. The Morgan fingerprint density at radius 1 is 1.21 bits per heavy atom. The molecule has 1 aromatic carbocycles. The molecule has 1 aliphatic heterocycles. The van der Waals surface area contributed by atoms with Crippen LogP contribution in [0.4, 0.5) is 0 Å². The molecule has 0 aliphatic carbocycles. The monoisotopic (exact) mass is 332 g/mol. The lowest BCUT2D eigenvalue weighted by Gasteiger charge is -2.28. The van der Waals surface area contributed by atoms with Gasteiger partial charge >= 0.3 is 0 Å². The molecule has 2 rings (SSSR count). The molecule has 0 saturated carbocycles. The van der Waals surface area contributed by atoms with E-state index in [0.29, 0.717) is 12.5 Å². The van der Waals surface area contributed by atoms with Gasteiger partial charge in [0, 0.05) is 18.8 Å². The van der Waals surface area contributed by atoms with Gasteiger partial charge in [0.25, 0.3) is 5.91 Å². The summed E-state index contributed by atoms with van der Waals surface area (Å²) in [5.74, 6) is 0.362. The topological polar surface area (TPSA) is 76.6 Å². The fourth-order valence-corrected chi connectivity index (χ4v) is 3.39. The Balaban J connectivity index is 1.88. The number of quaternary nitrogens is 1. The van der Waals surface area contributed by atoms with Crippen LogP contribution in [-0.4, -0.2) is 31.4 Å². The standard InChI is InChI=1S/C19H29N3O2/c1-14(2)12-17(15-6-4-3-5-7-15)21-18(23)13-22-10-8-16(9-11-22)19(20)24/h3-7,14,16-17H,8-13H2,1-2H3,(H2,20,24)(H,21,23)/p+1/t17-/m0/s1. The summed E-state index contributed by atoms with van der Waals surface area (Å²) >= 11 is 0. The summed E-state index contributed by atoms with van der Waals surface area (Å²) in [5.41, 5.74) is 6.52. The number of rotatable bonds is 7. The molecule has 1 atom stereocenters. The first-order valence-corrected chi connectivity index (χ1v) is 8.93. The Morgan fingerprint density at radius 3 is 2.38 bits per heavy atom. The average molecular weight is 332 g/mol. The number of nitrogens with one attached hydrogen (secondary N) is 2. The van der Waals surface area contributed by atoms with Crippen molar-refractivity contribution in [1.82, 2.24) is 5.32 Å². The molecular formula is C19H30N3O2+. The highest BCUT2D eigenvalue weighted by molar-refractivity contribution is 5.77. The summed E-state index contributed by atoms with van der Waals surface area (Å²) < 4.78 is 0. The van der Waals surface area contributed by atoms with Gasteiger partial charge in [-0.05, 0) is 17.9 Å². The predicted octanol–water partition coefficient (Wildman–Crippen LogP) is 0.670. The zero-order valence-electron chi connectivity index (χ0n) is 14.8. The maximum atomic E-state index is 12.5. The molecule has 0 spiro atoms. The van der Waals surface area contributed by atoms with E-state index in [0.717, 1.165) is 37.9 Å². The first kappa shape index (κ1) is 18.5. The fraction of sp³-hybridized carbons (Fsp3) is 0.579. The third-order valence-electron chi connectivity index (χ3n) is 4.75. The van der Waals surface area contributed by atoms with Crippen molar-refractivity contribution < 1.29 is 14.5 Å². The van der Waals surface area contributed by atoms with Crippen molar-refractivity contribution in [2.45, 2.75) is 39.2 Å². The number of benzene rings is 1. The van der Waals surface area contributed by atoms with Crippen molar-refractivity contribution in [2.75, 3.05) is 19.6 Å². The Hall–Kier alpha value is -1.88. The van der Waals surface area contributed by atoms with Crippen LogP contribution >= 0.6 is 0 Å². The number of piperidine rings is 1. The molecule has 1 fully saturated rings. The van der Waals surface area contributed by atoms with Gasteiger partial charge in [-0.1, -0.05) is 44.2 Å². The lowest BCUT2D eigenvalue weighted by molar-refractivity contribution is -0.897. The number of carbonyl (C=O) groups is 2. The Bertz CT molecular complexity index is 537. The quantitative estimate of drug-likeness (QED) is 0.686. The summed E-state index contributed by atoms with van der Waals surface area (Å²) in [7, 11) is 0. The normalized spacial score (nSPS) is 22.1. The molecule has 1 heterocycles. The van der Waals surface area contributed by atoms with Crippen LogP contribution in [0.5, 0.6) is 0 Å². The van der Waals surface area contributed by atoms with E-state index in [4.69, 9.17) is 5.73 Å². The lowest BCUT2D eigenvalue weighted by atomic mass is 9.96. The molecule has 0 bridgehead atoms. The second-order valence-electron chi connectivity index (χ2n) is 7.26. The van der Waals surface area contributed by atoms with Crippen LogP contribution in [0.2, 0.25) is 0 Å². The van der Waals surface area contributed by atoms with Crippen molar-refractivity contribution in [2.24, 2.45) is 17.6 Å². The van der Waals surface area contributed by atoms with E-state index >= 15 is 0 Å². The van der Waals surface area contributed by atoms with Crippen LogP contribution in [0.25, 0.3) is 0 Å². The molecule has 0 unspecified atom stereocenters. The summed E-state index contributed by atoms with van der Waals surface area (Å²) in [6, 6.07) is 10.2. The van der Waals surface area contributed by atoms with E-state index in [-0.39, 0.29) is 23.8 Å². The number of amides is 2. The second kappa shape index (κ2) is 8.83. The number of likely N-dealkylation sites (tertiary alicyclic amines) is 1. The summed E-state index contributed by atoms with van der Waals surface area (Å²) in [4.78, 5) is 24.9. The van der Waals surface area contributed by atoms with E-state index in [1.807, 2.05) is 18.2 Å². The van der Waals surface area contributed by atoms with Crippen LogP contribution in [0.1, 0.15) is 44.7 Å². The Kier molecular flexibility index (Phi) is 6.79. The summed E-state index contributed by atoms with van der Waals surface area (Å²) in [5, 5.41) is 3.19. The van der Waals surface area contributed by atoms with E-state index in [9.17, 15) is 9.59 Å². The fourth-order valence-electron chi connectivity index (χ4n) is 3.39. The van der Waals surface area contributed by atoms with Crippen LogP contribution in [-0.2, 0) is 9.59 Å². The number of carbonyl (C=O) groups excluding carboxylic acids is 2. The van der Waals surface area contributed by atoms with Crippen LogP contribution in [0.3, 0.4) is 0 Å². The predicted molar refractivity (Wildman–Crippen MR) is 94.3 cm³/mol. The molecule has 1 saturated heterocycles. The smallest absolute Gasteiger partial charge is 0.275 e. The number of nitrogens with two attached hydrogens (primary N) is 1. The van der Waals surface area contributed by atoms with Gasteiger partial charge in [-0.15, -0.1) is 0 Å². The molecule has 5 nitrogen and oxygen atoms in total. The zero-order valence-corrected chi connectivity index (χ0v) is 14.8. The van der Waals surface area contributed by atoms with Gasteiger partial charge in [-0.2, -0.15) is 0 Å². The maximum Gasteiger partial charge on any atom is 0.275 e. The highest BCUT2D eigenvalue weighted by Crippen LogP contribution is 2.20. The van der Waals surface area contributed by atoms with E-state index < -0.39 is 0 Å². The Labute approximate surface area is 144 Å². The number of hydrogen-bond donors (Lipinski definition) is 3. The van der Waals surface area contributed by atoms with Crippen molar-refractivity contribution in [3.05, 3.63) is 35.9 Å². The molecule has 2 amide bonds.